The van der Waals surface area contributed by atoms with Crippen molar-refractivity contribution in [2.24, 2.45) is 0 Å². The van der Waals surface area contributed by atoms with E-state index in [9.17, 15) is 0 Å². The molecule has 0 saturated heterocycles. The SMILES string of the molecule is C[N+](C)(Cc1ccc(I)cc1)c1ccccc1.[Br-]. The second kappa shape index (κ2) is 6.68. The number of benzene rings is 2. The zero-order valence-corrected chi connectivity index (χ0v) is 14.3. The lowest BCUT2D eigenvalue weighted by Gasteiger charge is -2.29. The van der Waals surface area contributed by atoms with Crippen LogP contribution in [0.5, 0.6) is 0 Å². The number of hydrogen-bond donors (Lipinski definition) is 0. The minimum atomic E-state index is 0. The van der Waals surface area contributed by atoms with Gasteiger partial charge in [0.05, 0.1) is 14.1 Å². The molecule has 0 amide bonds. The van der Waals surface area contributed by atoms with Gasteiger partial charge in [0.2, 0.25) is 0 Å². The summed E-state index contributed by atoms with van der Waals surface area (Å²) in [6.07, 6.45) is 0. The van der Waals surface area contributed by atoms with E-state index in [1.165, 1.54) is 14.8 Å². The molecule has 0 saturated carbocycles. The highest BCUT2D eigenvalue weighted by atomic mass is 127. The third kappa shape index (κ3) is 4.07. The highest BCUT2D eigenvalue weighted by Gasteiger charge is 2.18. The summed E-state index contributed by atoms with van der Waals surface area (Å²) in [7, 11) is 4.49. The van der Waals surface area contributed by atoms with Crippen molar-refractivity contribution in [3.63, 3.8) is 0 Å². The summed E-state index contributed by atoms with van der Waals surface area (Å²) >= 11 is 2.34. The van der Waals surface area contributed by atoms with Crippen LogP contribution in [0.3, 0.4) is 0 Å². The Bertz CT molecular complexity index is 480. The Morgan fingerprint density at radius 2 is 1.44 bits per heavy atom. The van der Waals surface area contributed by atoms with Crippen LogP contribution in [0.25, 0.3) is 0 Å². The largest absolute Gasteiger partial charge is 1.00 e. The zero-order chi connectivity index (χ0) is 12.3. The molecule has 1 nitrogen and oxygen atoms in total. The maximum atomic E-state index is 2.34. The molecule has 0 aliphatic carbocycles. The lowest BCUT2D eigenvalue weighted by molar-refractivity contribution is -0.00000355. The van der Waals surface area contributed by atoms with E-state index in [2.05, 4.69) is 91.3 Å². The average molecular weight is 418 g/mol. The van der Waals surface area contributed by atoms with Crippen molar-refractivity contribution in [3.8, 4) is 0 Å². The highest BCUT2D eigenvalue weighted by Crippen LogP contribution is 2.21. The van der Waals surface area contributed by atoms with E-state index < -0.39 is 0 Å². The maximum absolute atomic E-state index is 2.34. The van der Waals surface area contributed by atoms with Crippen molar-refractivity contribution in [2.45, 2.75) is 6.54 Å². The van der Waals surface area contributed by atoms with E-state index in [1.54, 1.807) is 0 Å². The number of nitrogens with zero attached hydrogens (tertiary/aromatic N) is 1. The van der Waals surface area contributed by atoms with Gasteiger partial charge in [-0.2, -0.15) is 0 Å². The lowest BCUT2D eigenvalue weighted by atomic mass is 10.2. The zero-order valence-electron chi connectivity index (χ0n) is 10.6. The molecule has 0 radical (unpaired) electrons. The van der Waals surface area contributed by atoms with Gasteiger partial charge in [0.25, 0.3) is 0 Å². The summed E-state index contributed by atoms with van der Waals surface area (Å²) in [5, 5.41) is 0. The molecule has 0 heterocycles. The number of halogens is 2. The molecule has 0 spiro atoms. The topological polar surface area (TPSA) is 0 Å². The summed E-state index contributed by atoms with van der Waals surface area (Å²) < 4.78 is 2.16. The molecule has 0 aliphatic rings. The molecule has 2 rings (SSSR count). The van der Waals surface area contributed by atoms with E-state index in [-0.39, 0.29) is 17.0 Å². The van der Waals surface area contributed by atoms with Crippen LogP contribution in [0.15, 0.2) is 54.6 Å². The average Bonchev–Trinajstić information content (AvgIpc) is 2.33. The summed E-state index contributed by atoms with van der Waals surface area (Å²) in [6, 6.07) is 19.4. The lowest BCUT2D eigenvalue weighted by Crippen LogP contribution is -3.00. The molecule has 0 bridgehead atoms. The summed E-state index contributed by atoms with van der Waals surface area (Å²) in [6.45, 7) is 1.01. The van der Waals surface area contributed by atoms with Crippen molar-refractivity contribution in [1.29, 1.82) is 0 Å². The Morgan fingerprint density at radius 3 is 2.00 bits per heavy atom. The predicted octanol–water partition coefficient (Wildman–Crippen LogP) is 1.06. The minimum absolute atomic E-state index is 0. The third-order valence-electron chi connectivity index (χ3n) is 2.95. The molecule has 0 aliphatic heterocycles. The Kier molecular flexibility index (Phi) is 5.82. The second-order valence-corrected chi connectivity index (χ2v) is 6.05. The first kappa shape index (κ1) is 15.7. The fourth-order valence-corrected chi connectivity index (χ4v) is 2.33. The summed E-state index contributed by atoms with van der Waals surface area (Å²) in [4.78, 5) is 0. The maximum Gasteiger partial charge on any atom is 0.132 e. The van der Waals surface area contributed by atoms with E-state index in [4.69, 9.17) is 0 Å². The number of rotatable bonds is 3. The van der Waals surface area contributed by atoms with Crippen LogP contribution >= 0.6 is 22.6 Å². The minimum Gasteiger partial charge on any atom is -1.00 e. The van der Waals surface area contributed by atoms with Gasteiger partial charge < -0.3 is 17.0 Å². The van der Waals surface area contributed by atoms with E-state index in [0.717, 1.165) is 11.0 Å². The monoisotopic (exact) mass is 417 g/mol. The van der Waals surface area contributed by atoms with Gasteiger partial charge in [-0.25, -0.2) is 0 Å². The van der Waals surface area contributed by atoms with Gasteiger partial charge in [0.15, 0.2) is 0 Å². The van der Waals surface area contributed by atoms with Gasteiger partial charge >= 0.3 is 0 Å². The molecule has 0 unspecified atom stereocenters. The second-order valence-electron chi connectivity index (χ2n) is 4.81. The van der Waals surface area contributed by atoms with Crippen molar-refractivity contribution in [1.82, 2.24) is 4.48 Å². The molecule has 3 heteroatoms. The number of para-hydroxylation sites is 1. The van der Waals surface area contributed by atoms with Gasteiger partial charge in [-0.3, -0.25) is 4.48 Å². The first-order chi connectivity index (χ1) is 8.08. The van der Waals surface area contributed by atoms with Crippen LogP contribution in [0, 0.1) is 3.57 Å². The van der Waals surface area contributed by atoms with Crippen LogP contribution in [-0.4, -0.2) is 14.1 Å². The van der Waals surface area contributed by atoms with Gasteiger partial charge in [-0.15, -0.1) is 0 Å². The van der Waals surface area contributed by atoms with Crippen molar-refractivity contribution >= 4 is 28.3 Å². The van der Waals surface area contributed by atoms with E-state index in [0.29, 0.717) is 0 Å². The Morgan fingerprint density at radius 1 is 0.889 bits per heavy atom. The molecule has 2 aromatic carbocycles. The van der Waals surface area contributed by atoms with E-state index in [1.807, 2.05) is 0 Å². The molecular weight excluding hydrogens is 401 g/mol. The summed E-state index contributed by atoms with van der Waals surface area (Å²) in [5.41, 5.74) is 2.71. The predicted molar refractivity (Wildman–Crippen MR) is 82.9 cm³/mol. The van der Waals surface area contributed by atoms with Crippen LogP contribution in [-0.2, 0) is 6.54 Å². The molecule has 0 aromatic heterocycles. The Balaban J connectivity index is 0.00000162. The van der Waals surface area contributed by atoms with Gasteiger partial charge in [-0.1, -0.05) is 30.3 Å². The number of quaternary nitrogens is 1. The third-order valence-corrected chi connectivity index (χ3v) is 3.67. The molecular formula is C15H17BrIN. The first-order valence-corrected chi connectivity index (χ1v) is 6.79. The van der Waals surface area contributed by atoms with Crippen LogP contribution < -0.4 is 21.5 Å². The van der Waals surface area contributed by atoms with Gasteiger partial charge in [0, 0.05) is 9.13 Å². The highest BCUT2D eigenvalue weighted by molar-refractivity contribution is 14.1. The molecule has 0 fully saturated rings. The van der Waals surface area contributed by atoms with Crippen molar-refractivity contribution in [2.75, 3.05) is 14.1 Å². The molecule has 96 valence electrons. The molecule has 0 atom stereocenters. The quantitative estimate of drug-likeness (QED) is 0.517. The molecule has 2 aromatic rings. The number of hydrogen-bond acceptors (Lipinski definition) is 0. The van der Waals surface area contributed by atoms with Crippen LogP contribution in [0.4, 0.5) is 5.69 Å². The van der Waals surface area contributed by atoms with Crippen molar-refractivity contribution < 1.29 is 17.0 Å². The van der Waals surface area contributed by atoms with Gasteiger partial charge in [-0.05, 0) is 46.9 Å². The van der Waals surface area contributed by atoms with Crippen LogP contribution in [0.1, 0.15) is 5.56 Å². The van der Waals surface area contributed by atoms with Crippen molar-refractivity contribution in [3.05, 3.63) is 63.7 Å². The van der Waals surface area contributed by atoms with E-state index >= 15 is 0 Å². The molecule has 0 N–H and O–H groups in total. The standard InChI is InChI=1S/C15H17IN.BrH/c1-17(2,15-6-4-3-5-7-15)12-13-8-10-14(16)11-9-13;/h3-11H,12H2,1-2H3;1H/q+1;/p-1. The Labute approximate surface area is 133 Å². The normalized spacial score (nSPS) is 10.8. The fourth-order valence-electron chi connectivity index (χ4n) is 1.97. The van der Waals surface area contributed by atoms with Gasteiger partial charge in [0.1, 0.15) is 12.2 Å². The first-order valence-electron chi connectivity index (χ1n) is 5.71. The molecule has 18 heavy (non-hydrogen) atoms. The Hall–Kier alpha value is -0.390. The smallest absolute Gasteiger partial charge is 0.132 e. The summed E-state index contributed by atoms with van der Waals surface area (Å²) in [5.74, 6) is 0. The van der Waals surface area contributed by atoms with Crippen LogP contribution in [0.2, 0.25) is 0 Å². The fraction of sp³-hybridized carbons (Fsp3) is 0.200.